The number of hydrogen-bond donors (Lipinski definition) is 1. The fourth-order valence-electron chi connectivity index (χ4n) is 1.03. The van der Waals surface area contributed by atoms with Crippen LogP contribution in [0.1, 0.15) is 5.56 Å². The van der Waals surface area contributed by atoms with Crippen molar-refractivity contribution in [2.75, 3.05) is 20.0 Å². The van der Waals surface area contributed by atoms with Crippen LogP contribution in [0.15, 0.2) is 18.5 Å². The number of rotatable bonds is 3. The number of methoxy groups -OCH3 is 2. The Hall–Kier alpha value is -2.04. The normalized spacial score (nSPS) is 10.3. The molecular weight excluding hydrogens is 196 g/mol. The molecular formula is C10H12N2O3. The number of aromatic nitrogens is 1. The summed E-state index contributed by atoms with van der Waals surface area (Å²) >= 11 is 0. The Balaban J connectivity index is 3.02. The summed E-state index contributed by atoms with van der Waals surface area (Å²) in [5.74, 6) is 0.0587. The van der Waals surface area contributed by atoms with Crippen molar-refractivity contribution in [2.24, 2.45) is 0 Å². The smallest absolute Gasteiger partial charge is 0.330 e. The van der Waals surface area contributed by atoms with E-state index < -0.39 is 5.97 Å². The van der Waals surface area contributed by atoms with E-state index in [9.17, 15) is 4.79 Å². The predicted octanol–water partition coefficient (Wildman–Crippen LogP) is 0.859. The minimum Gasteiger partial charge on any atom is -0.494 e. The largest absolute Gasteiger partial charge is 0.494 e. The zero-order chi connectivity index (χ0) is 11.3. The number of anilines is 1. The summed E-state index contributed by atoms with van der Waals surface area (Å²) in [5.41, 5.74) is 6.73. The van der Waals surface area contributed by atoms with Crippen molar-refractivity contribution in [3.05, 3.63) is 24.0 Å². The molecule has 1 heterocycles. The first-order valence-corrected chi connectivity index (χ1v) is 4.22. The number of nitrogen functional groups attached to an aromatic ring is 1. The van der Waals surface area contributed by atoms with Crippen LogP contribution >= 0.6 is 0 Å². The minimum absolute atomic E-state index is 0.439. The van der Waals surface area contributed by atoms with Crippen molar-refractivity contribution in [3.8, 4) is 5.75 Å². The van der Waals surface area contributed by atoms with E-state index in [1.807, 2.05) is 0 Å². The molecule has 0 aliphatic heterocycles. The van der Waals surface area contributed by atoms with Gasteiger partial charge in [-0.15, -0.1) is 0 Å². The fourth-order valence-corrected chi connectivity index (χ4v) is 1.03. The summed E-state index contributed by atoms with van der Waals surface area (Å²) in [4.78, 5) is 14.8. The second kappa shape index (κ2) is 4.99. The van der Waals surface area contributed by atoms with Gasteiger partial charge in [-0.25, -0.2) is 4.79 Å². The van der Waals surface area contributed by atoms with Gasteiger partial charge in [-0.05, 0) is 6.08 Å². The van der Waals surface area contributed by atoms with Gasteiger partial charge in [-0.2, -0.15) is 0 Å². The number of carbonyl (C=O) groups is 1. The van der Waals surface area contributed by atoms with Gasteiger partial charge in [0, 0.05) is 11.6 Å². The van der Waals surface area contributed by atoms with Crippen LogP contribution in [-0.4, -0.2) is 25.2 Å². The third-order valence-corrected chi connectivity index (χ3v) is 1.79. The van der Waals surface area contributed by atoms with Crippen LogP contribution in [-0.2, 0) is 9.53 Å². The highest BCUT2D eigenvalue weighted by Crippen LogP contribution is 2.23. The maximum Gasteiger partial charge on any atom is 0.330 e. The number of hydrogen-bond acceptors (Lipinski definition) is 5. The molecule has 80 valence electrons. The maximum atomic E-state index is 10.9. The van der Waals surface area contributed by atoms with Gasteiger partial charge in [0.05, 0.1) is 32.3 Å². The highest BCUT2D eigenvalue weighted by molar-refractivity contribution is 5.88. The van der Waals surface area contributed by atoms with Crippen molar-refractivity contribution < 1.29 is 14.3 Å². The van der Waals surface area contributed by atoms with Gasteiger partial charge in [-0.3, -0.25) is 4.98 Å². The van der Waals surface area contributed by atoms with E-state index in [1.54, 1.807) is 0 Å². The average molecular weight is 208 g/mol. The molecule has 0 amide bonds. The fraction of sp³-hybridized carbons (Fsp3) is 0.200. The molecule has 5 nitrogen and oxygen atoms in total. The third kappa shape index (κ3) is 2.70. The molecule has 15 heavy (non-hydrogen) atoms. The summed E-state index contributed by atoms with van der Waals surface area (Å²) in [7, 11) is 2.81. The second-order valence-corrected chi connectivity index (χ2v) is 2.70. The van der Waals surface area contributed by atoms with Crippen LogP contribution in [0.25, 0.3) is 6.08 Å². The van der Waals surface area contributed by atoms with Crippen molar-refractivity contribution in [3.63, 3.8) is 0 Å². The van der Waals surface area contributed by atoms with Crippen molar-refractivity contribution >= 4 is 17.7 Å². The monoisotopic (exact) mass is 208 g/mol. The average Bonchev–Trinajstić information content (AvgIpc) is 2.26. The lowest BCUT2D eigenvalue weighted by Gasteiger charge is -2.05. The summed E-state index contributed by atoms with van der Waals surface area (Å²) in [6.07, 6.45) is 5.81. The molecule has 1 aromatic rings. The number of nitrogens with two attached hydrogens (primary N) is 1. The molecule has 2 N–H and O–H groups in total. The number of carbonyl (C=O) groups excluding carboxylic acids is 1. The number of esters is 1. The van der Waals surface area contributed by atoms with Gasteiger partial charge in [0.1, 0.15) is 5.75 Å². The number of pyridine rings is 1. The van der Waals surface area contributed by atoms with Crippen LogP contribution in [0.2, 0.25) is 0 Å². The molecule has 0 saturated carbocycles. The van der Waals surface area contributed by atoms with E-state index in [-0.39, 0.29) is 0 Å². The van der Waals surface area contributed by atoms with Crippen LogP contribution in [0.3, 0.4) is 0 Å². The van der Waals surface area contributed by atoms with Crippen LogP contribution in [0.5, 0.6) is 5.75 Å². The van der Waals surface area contributed by atoms with E-state index in [1.165, 1.54) is 38.8 Å². The van der Waals surface area contributed by atoms with Gasteiger partial charge in [0.15, 0.2) is 0 Å². The molecule has 5 heteroatoms. The standard InChI is InChI=1S/C10H12N2O3/c1-14-9-6-12-5-8(11)7(9)3-4-10(13)15-2/h3-6H,11H2,1-2H3/b4-3+. The Morgan fingerprint density at radius 3 is 2.80 bits per heavy atom. The second-order valence-electron chi connectivity index (χ2n) is 2.70. The van der Waals surface area contributed by atoms with Gasteiger partial charge >= 0.3 is 5.97 Å². The minimum atomic E-state index is -0.451. The SMILES string of the molecule is COC(=O)/C=C/c1c(N)cncc1OC. The zero-order valence-corrected chi connectivity index (χ0v) is 8.56. The molecule has 1 aromatic heterocycles. The summed E-state index contributed by atoms with van der Waals surface area (Å²) in [5, 5.41) is 0. The van der Waals surface area contributed by atoms with E-state index in [2.05, 4.69) is 9.72 Å². The predicted molar refractivity (Wildman–Crippen MR) is 56.3 cm³/mol. The van der Waals surface area contributed by atoms with E-state index in [0.717, 1.165) is 0 Å². The lowest BCUT2D eigenvalue weighted by atomic mass is 10.2. The Bertz CT molecular complexity index is 388. The van der Waals surface area contributed by atoms with Crippen LogP contribution in [0.4, 0.5) is 5.69 Å². The molecule has 0 unspecified atom stereocenters. The molecule has 0 fully saturated rings. The van der Waals surface area contributed by atoms with E-state index in [0.29, 0.717) is 17.0 Å². The number of ether oxygens (including phenoxy) is 2. The van der Waals surface area contributed by atoms with E-state index in [4.69, 9.17) is 10.5 Å². The Labute approximate surface area is 87.5 Å². The Morgan fingerprint density at radius 1 is 1.47 bits per heavy atom. The highest BCUT2D eigenvalue weighted by atomic mass is 16.5. The maximum absolute atomic E-state index is 10.9. The van der Waals surface area contributed by atoms with Gasteiger partial charge in [0.25, 0.3) is 0 Å². The molecule has 1 rings (SSSR count). The van der Waals surface area contributed by atoms with Crippen molar-refractivity contribution in [1.82, 2.24) is 4.98 Å². The molecule has 0 saturated heterocycles. The molecule has 0 radical (unpaired) electrons. The molecule has 0 atom stereocenters. The Morgan fingerprint density at radius 2 is 2.20 bits per heavy atom. The third-order valence-electron chi connectivity index (χ3n) is 1.79. The first kappa shape index (κ1) is 11.0. The zero-order valence-electron chi connectivity index (χ0n) is 8.56. The summed E-state index contributed by atoms with van der Waals surface area (Å²) < 4.78 is 9.51. The van der Waals surface area contributed by atoms with Crippen molar-refractivity contribution in [1.29, 1.82) is 0 Å². The summed E-state index contributed by atoms with van der Waals surface area (Å²) in [6.45, 7) is 0. The molecule has 0 bridgehead atoms. The lowest BCUT2D eigenvalue weighted by Crippen LogP contribution is -1.97. The Kier molecular flexibility index (Phi) is 3.68. The van der Waals surface area contributed by atoms with Crippen molar-refractivity contribution in [2.45, 2.75) is 0 Å². The van der Waals surface area contributed by atoms with Crippen LogP contribution < -0.4 is 10.5 Å². The van der Waals surface area contributed by atoms with Gasteiger partial charge in [-0.1, -0.05) is 0 Å². The first-order valence-electron chi connectivity index (χ1n) is 4.22. The summed E-state index contributed by atoms with van der Waals surface area (Å²) in [6, 6.07) is 0. The lowest BCUT2D eigenvalue weighted by molar-refractivity contribution is -0.134. The van der Waals surface area contributed by atoms with E-state index >= 15 is 0 Å². The van der Waals surface area contributed by atoms with Gasteiger partial charge in [0.2, 0.25) is 0 Å². The quantitative estimate of drug-likeness (QED) is 0.589. The topological polar surface area (TPSA) is 74.4 Å². The molecule has 0 spiro atoms. The van der Waals surface area contributed by atoms with Crippen LogP contribution in [0, 0.1) is 0 Å². The molecule has 0 aliphatic carbocycles. The van der Waals surface area contributed by atoms with Gasteiger partial charge < -0.3 is 15.2 Å². The highest BCUT2D eigenvalue weighted by Gasteiger charge is 2.04. The molecule has 0 aliphatic rings. The number of nitrogens with zero attached hydrogens (tertiary/aromatic N) is 1. The first-order chi connectivity index (χ1) is 7.19. The molecule has 0 aromatic carbocycles.